The number of anilines is 1. The molecular weight excluding hydrogens is 466 g/mol. The summed E-state index contributed by atoms with van der Waals surface area (Å²) in [6.07, 6.45) is 14.7. The predicted molar refractivity (Wildman–Crippen MR) is 155 cm³/mol. The van der Waals surface area contributed by atoms with Gasteiger partial charge in [-0.2, -0.15) is 0 Å². The van der Waals surface area contributed by atoms with Crippen molar-refractivity contribution in [2.45, 2.75) is 110 Å². The number of hydrogen-bond donors (Lipinski definition) is 1. The predicted octanol–water partition coefficient (Wildman–Crippen LogP) is 7.56. The van der Waals surface area contributed by atoms with Crippen LogP contribution in [-0.2, 0) is 0 Å². The molecule has 5 nitrogen and oxygen atoms in total. The molecule has 0 bridgehead atoms. The number of nitrogens with zero attached hydrogens (tertiary/aromatic N) is 4. The van der Waals surface area contributed by atoms with Gasteiger partial charge < -0.3 is 10.6 Å². The van der Waals surface area contributed by atoms with E-state index in [1.54, 1.807) is 12.4 Å². The van der Waals surface area contributed by atoms with Crippen LogP contribution in [0.2, 0.25) is 0 Å². The van der Waals surface area contributed by atoms with Crippen LogP contribution in [0.25, 0.3) is 4.85 Å². The SMILES string of the molecule is [C-]#[N+]c1cnc(N2CC[C@]3(C)[C@H]4CC[C@@H]5[C@H]6[C@H](C(=C)C)CC[C@]6(N)CC[C@@]5(C)[C@]4(C)CC[C@H]3C2(C)C)nc1. The van der Waals surface area contributed by atoms with Crippen LogP contribution in [0.5, 0.6) is 0 Å². The molecule has 0 radical (unpaired) electrons. The van der Waals surface area contributed by atoms with Gasteiger partial charge in [0.2, 0.25) is 11.6 Å². The average molecular weight is 516 g/mol. The molecule has 9 atom stereocenters. The summed E-state index contributed by atoms with van der Waals surface area (Å²) in [7, 11) is 0. The zero-order valence-corrected chi connectivity index (χ0v) is 24.7. The highest BCUT2D eigenvalue weighted by atomic mass is 15.3. The standard InChI is InChI=1S/C33H49N5/c1-21(2)23-11-14-33(34)16-15-31(6)24(27(23)33)9-10-26-30(5)17-18-38(28-36-19-22(35-8)20-37-28)29(3,4)25(30)12-13-32(26,31)7/h19-20,23-27H,1,9-18,34H2,2-7H3/t23-,24+,25-,26+,27+,30-,31+,32+,33-/m0/s1. The van der Waals surface area contributed by atoms with Gasteiger partial charge in [-0.3, -0.25) is 0 Å². The molecule has 2 N–H and O–H groups in total. The van der Waals surface area contributed by atoms with Crippen LogP contribution < -0.4 is 10.6 Å². The molecule has 2 heterocycles. The number of aromatic nitrogens is 2. The quantitative estimate of drug-likeness (QED) is 0.326. The second-order valence-corrected chi connectivity index (χ2v) is 15.3. The van der Waals surface area contributed by atoms with Crippen molar-refractivity contribution in [3.63, 3.8) is 0 Å². The molecule has 4 saturated carbocycles. The number of hydrogen-bond acceptors (Lipinski definition) is 4. The fourth-order valence-corrected chi connectivity index (χ4v) is 11.8. The lowest BCUT2D eigenvalue weighted by Gasteiger charge is -2.73. The van der Waals surface area contributed by atoms with E-state index in [2.05, 4.69) is 67.8 Å². The van der Waals surface area contributed by atoms with Gasteiger partial charge in [0.1, 0.15) is 0 Å². The van der Waals surface area contributed by atoms with E-state index in [1.165, 1.54) is 63.4 Å². The van der Waals surface area contributed by atoms with Gasteiger partial charge in [-0.05, 0) is 124 Å². The summed E-state index contributed by atoms with van der Waals surface area (Å²) in [4.78, 5) is 15.2. The summed E-state index contributed by atoms with van der Waals surface area (Å²) in [5, 5.41) is 0. The zero-order chi connectivity index (χ0) is 27.3. The summed E-state index contributed by atoms with van der Waals surface area (Å²) in [5.41, 5.74) is 10.1. The Morgan fingerprint density at radius 2 is 1.66 bits per heavy atom. The number of fused-ring (bicyclic) bond motifs is 7. The van der Waals surface area contributed by atoms with Crippen molar-refractivity contribution in [3.05, 3.63) is 36.0 Å². The van der Waals surface area contributed by atoms with E-state index in [-0.39, 0.29) is 11.1 Å². The Labute approximate surface area is 230 Å². The molecule has 4 aliphatic carbocycles. The van der Waals surface area contributed by atoms with Gasteiger partial charge in [-0.1, -0.05) is 32.9 Å². The Hall–Kier alpha value is -1.93. The number of allylic oxidation sites excluding steroid dienone is 1. The summed E-state index contributed by atoms with van der Waals surface area (Å²) < 4.78 is 0. The van der Waals surface area contributed by atoms with Crippen molar-refractivity contribution in [1.29, 1.82) is 0 Å². The van der Waals surface area contributed by atoms with Crippen LogP contribution in [0.1, 0.15) is 99.3 Å². The lowest BCUT2D eigenvalue weighted by Crippen LogP contribution is -2.70. The normalized spacial score (nSPS) is 47.2. The smallest absolute Gasteiger partial charge is 0.223 e. The highest BCUT2D eigenvalue weighted by Crippen LogP contribution is 2.75. The molecule has 1 saturated heterocycles. The number of nitrogens with two attached hydrogens (primary N) is 1. The van der Waals surface area contributed by atoms with E-state index in [4.69, 9.17) is 12.3 Å². The van der Waals surface area contributed by atoms with E-state index in [9.17, 15) is 0 Å². The Balaban J connectivity index is 1.33. The first-order valence-electron chi connectivity index (χ1n) is 15.2. The molecule has 6 rings (SSSR count). The van der Waals surface area contributed by atoms with Gasteiger partial charge in [0.25, 0.3) is 0 Å². The van der Waals surface area contributed by atoms with Crippen LogP contribution in [0, 0.1) is 52.4 Å². The first kappa shape index (κ1) is 26.3. The molecule has 38 heavy (non-hydrogen) atoms. The number of rotatable bonds is 2. The van der Waals surface area contributed by atoms with Gasteiger partial charge in [0, 0.05) is 30.0 Å². The van der Waals surface area contributed by atoms with Crippen molar-refractivity contribution >= 4 is 11.6 Å². The number of piperidine rings is 1. The first-order valence-corrected chi connectivity index (χ1v) is 15.2. The minimum Gasteiger partial charge on any atom is -0.335 e. The summed E-state index contributed by atoms with van der Waals surface area (Å²) >= 11 is 0. The molecule has 1 aromatic heterocycles. The van der Waals surface area contributed by atoms with Gasteiger partial charge in [-0.25, -0.2) is 14.8 Å². The van der Waals surface area contributed by atoms with Crippen LogP contribution >= 0.6 is 0 Å². The summed E-state index contributed by atoms with van der Waals surface area (Å²) in [6.45, 7) is 27.9. The van der Waals surface area contributed by atoms with Crippen LogP contribution in [0.15, 0.2) is 24.5 Å². The molecule has 0 aromatic carbocycles. The molecule has 0 amide bonds. The molecule has 1 aromatic rings. The van der Waals surface area contributed by atoms with Crippen LogP contribution in [-0.4, -0.2) is 27.6 Å². The van der Waals surface area contributed by atoms with Crippen molar-refractivity contribution in [2.75, 3.05) is 11.4 Å². The van der Waals surface area contributed by atoms with Crippen molar-refractivity contribution in [2.24, 2.45) is 51.6 Å². The van der Waals surface area contributed by atoms with Crippen molar-refractivity contribution < 1.29 is 0 Å². The summed E-state index contributed by atoms with van der Waals surface area (Å²) in [6, 6.07) is 0. The molecular formula is C33H49N5. The molecule has 0 spiro atoms. The maximum Gasteiger partial charge on any atom is 0.223 e. The molecule has 5 heteroatoms. The molecule has 5 aliphatic rings. The third-order valence-electron chi connectivity index (χ3n) is 13.8. The largest absolute Gasteiger partial charge is 0.335 e. The van der Waals surface area contributed by atoms with Gasteiger partial charge in [0.05, 0.1) is 6.57 Å². The molecule has 206 valence electrons. The van der Waals surface area contributed by atoms with E-state index >= 15 is 0 Å². The van der Waals surface area contributed by atoms with Crippen LogP contribution in [0.4, 0.5) is 11.6 Å². The molecule has 0 unspecified atom stereocenters. The maximum atomic E-state index is 7.27. The second kappa shape index (κ2) is 8.29. The third kappa shape index (κ3) is 3.25. The topological polar surface area (TPSA) is 59.4 Å². The second-order valence-electron chi connectivity index (χ2n) is 15.3. The van der Waals surface area contributed by atoms with Gasteiger partial charge in [0.15, 0.2) is 0 Å². The van der Waals surface area contributed by atoms with E-state index < -0.39 is 0 Å². The molecule has 5 fully saturated rings. The van der Waals surface area contributed by atoms with E-state index in [0.717, 1.165) is 18.4 Å². The minimum absolute atomic E-state index is 0.0220. The van der Waals surface area contributed by atoms with Gasteiger partial charge >= 0.3 is 0 Å². The highest BCUT2D eigenvalue weighted by Gasteiger charge is 2.70. The summed E-state index contributed by atoms with van der Waals surface area (Å²) in [5.74, 6) is 4.04. The molecule has 1 aliphatic heterocycles. The Morgan fingerprint density at radius 1 is 0.947 bits per heavy atom. The Bertz CT molecular complexity index is 1170. The average Bonchev–Trinajstić information content (AvgIpc) is 3.22. The Morgan fingerprint density at radius 3 is 2.32 bits per heavy atom. The fraction of sp³-hybridized carbons (Fsp3) is 0.788. The maximum absolute atomic E-state index is 7.27. The van der Waals surface area contributed by atoms with Gasteiger partial charge in [-0.15, -0.1) is 0 Å². The Kier molecular flexibility index (Phi) is 5.74. The monoisotopic (exact) mass is 515 g/mol. The van der Waals surface area contributed by atoms with Crippen LogP contribution in [0.3, 0.4) is 0 Å². The van der Waals surface area contributed by atoms with E-state index in [0.29, 0.717) is 45.6 Å². The lowest BCUT2D eigenvalue weighted by atomic mass is 9.33. The lowest BCUT2D eigenvalue weighted by molar-refractivity contribution is -0.220. The first-order chi connectivity index (χ1) is 17.8. The van der Waals surface area contributed by atoms with Crippen molar-refractivity contribution in [1.82, 2.24) is 9.97 Å². The fourth-order valence-electron chi connectivity index (χ4n) is 11.8. The highest BCUT2D eigenvalue weighted by molar-refractivity contribution is 5.45. The van der Waals surface area contributed by atoms with Crippen molar-refractivity contribution in [3.8, 4) is 0 Å². The van der Waals surface area contributed by atoms with E-state index in [1.807, 2.05) is 0 Å². The minimum atomic E-state index is -0.0266. The third-order valence-corrected chi connectivity index (χ3v) is 13.8. The zero-order valence-electron chi connectivity index (χ0n) is 24.7.